The summed E-state index contributed by atoms with van der Waals surface area (Å²) in [6.07, 6.45) is 5.83. The molecule has 1 aromatic heterocycles. The van der Waals surface area contributed by atoms with E-state index in [4.69, 9.17) is 4.74 Å². The fourth-order valence-electron chi connectivity index (χ4n) is 3.09. The van der Waals surface area contributed by atoms with Crippen LogP contribution in [-0.2, 0) is 11.2 Å². The van der Waals surface area contributed by atoms with E-state index in [9.17, 15) is 9.18 Å². The first-order valence-electron chi connectivity index (χ1n) is 8.71. The molecule has 1 heterocycles. The first-order chi connectivity index (χ1) is 12.1. The van der Waals surface area contributed by atoms with E-state index >= 15 is 0 Å². The van der Waals surface area contributed by atoms with Crippen LogP contribution in [0.25, 0.3) is 0 Å². The molecule has 1 aliphatic rings. The predicted molar refractivity (Wildman–Crippen MR) is 93.9 cm³/mol. The van der Waals surface area contributed by atoms with Crippen LogP contribution in [0.3, 0.4) is 0 Å². The number of carbonyl (C=O) groups excluding carboxylic acids is 1. The first kappa shape index (κ1) is 17.4. The predicted octanol–water partition coefficient (Wildman–Crippen LogP) is 3.58. The molecule has 1 amide bonds. The summed E-state index contributed by atoms with van der Waals surface area (Å²) in [4.78, 5) is 16.4. The van der Waals surface area contributed by atoms with Gasteiger partial charge in [0.25, 0.3) is 0 Å². The van der Waals surface area contributed by atoms with Gasteiger partial charge in [-0.3, -0.25) is 4.79 Å². The molecule has 1 fully saturated rings. The summed E-state index contributed by atoms with van der Waals surface area (Å²) in [6, 6.07) is 10.1. The molecule has 0 unspecified atom stereocenters. The van der Waals surface area contributed by atoms with E-state index in [2.05, 4.69) is 10.3 Å². The van der Waals surface area contributed by atoms with Crippen LogP contribution in [0, 0.1) is 12.7 Å². The highest BCUT2D eigenvalue weighted by Gasteiger charge is 2.23. The van der Waals surface area contributed by atoms with Crippen molar-refractivity contribution in [2.45, 2.75) is 51.2 Å². The van der Waals surface area contributed by atoms with Gasteiger partial charge in [0.1, 0.15) is 11.9 Å². The molecule has 3 rings (SSSR count). The SMILES string of the molecule is Cc1ccc(OC2CCC(NC(=O)Cc3ccc(F)cc3)CC2)nc1. The molecule has 0 aliphatic heterocycles. The number of rotatable bonds is 5. The summed E-state index contributed by atoms with van der Waals surface area (Å²) in [5, 5.41) is 3.07. The van der Waals surface area contributed by atoms with Crippen LogP contribution in [0.4, 0.5) is 4.39 Å². The van der Waals surface area contributed by atoms with E-state index in [0.717, 1.165) is 36.8 Å². The zero-order chi connectivity index (χ0) is 17.6. The monoisotopic (exact) mass is 342 g/mol. The molecule has 4 nitrogen and oxygen atoms in total. The van der Waals surface area contributed by atoms with Gasteiger partial charge in [0.05, 0.1) is 6.42 Å². The Kier molecular flexibility index (Phi) is 5.64. The van der Waals surface area contributed by atoms with Crippen LogP contribution in [-0.4, -0.2) is 23.0 Å². The second-order valence-electron chi connectivity index (χ2n) is 6.64. The summed E-state index contributed by atoms with van der Waals surface area (Å²) < 4.78 is 18.8. The van der Waals surface area contributed by atoms with E-state index in [0.29, 0.717) is 5.88 Å². The van der Waals surface area contributed by atoms with Gasteiger partial charge in [-0.2, -0.15) is 0 Å². The molecule has 25 heavy (non-hydrogen) atoms. The van der Waals surface area contributed by atoms with E-state index in [-0.39, 0.29) is 30.3 Å². The van der Waals surface area contributed by atoms with Gasteiger partial charge in [-0.15, -0.1) is 0 Å². The summed E-state index contributed by atoms with van der Waals surface area (Å²) >= 11 is 0. The van der Waals surface area contributed by atoms with Crippen LogP contribution < -0.4 is 10.1 Å². The molecule has 1 N–H and O–H groups in total. The lowest BCUT2D eigenvalue weighted by Crippen LogP contribution is -2.40. The molecule has 5 heteroatoms. The lowest BCUT2D eigenvalue weighted by atomic mass is 9.92. The molecule has 0 saturated heterocycles. The van der Waals surface area contributed by atoms with Gasteiger partial charge in [-0.1, -0.05) is 18.2 Å². The second kappa shape index (κ2) is 8.10. The molecule has 1 aromatic carbocycles. The fourth-order valence-corrected chi connectivity index (χ4v) is 3.09. The number of aromatic nitrogens is 1. The van der Waals surface area contributed by atoms with Crippen molar-refractivity contribution in [2.75, 3.05) is 0 Å². The van der Waals surface area contributed by atoms with Gasteiger partial charge in [0, 0.05) is 18.3 Å². The van der Waals surface area contributed by atoms with Crippen LogP contribution in [0.1, 0.15) is 36.8 Å². The van der Waals surface area contributed by atoms with Crippen molar-refractivity contribution in [3.8, 4) is 5.88 Å². The standard InChI is InChI=1S/C20H23FN2O2/c1-14-2-11-20(22-13-14)25-18-9-7-17(8-10-18)23-19(24)12-15-3-5-16(21)6-4-15/h2-6,11,13,17-18H,7-10,12H2,1H3,(H,23,24). The minimum absolute atomic E-state index is 0.0174. The number of pyridine rings is 1. The summed E-state index contributed by atoms with van der Waals surface area (Å²) in [5.74, 6) is 0.358. The molecular formula is C20H23FN2O2. The van der Waals surface area contributed by atoms with Gasteiger partial charge in [0.2, 0.25) is 11.8 Å². The van der Waals surface area contributed by atoms with Crippen LogP contribution in [0.5, 0.6) is 5.88 Å². The topological polar surface area (TPSA) is 51.2 Å². The Morgan fingerprint density at radius 3 is 2.52 bits per heavy atom. The quantitative estimate of drug-likeness (QED) is 0.904. The van der Waals surface area contributed by atoms with Crippen molar-refractivity contribution < 1.29 is 13.9 Å². The number of ether oxygens (including phenoxy) is 1. The molecule has 0 radical (unpaired) electrons. The van der Waals surface area contributed by atoms with Crippen LogP contribution >= 0.6 is 0 Å². The third-order valence-electron chi connectivity index (χ3n) is 4.49. The van der Waals surface area contributed by atoms with E-state index in [1.165, 1.54) is 12.1 Å². The molecule has 0 spiro atoms. The van der Waals surface area contributed by atoms with Gasteiger partial charge >= 0.3 is 0 Å². The van der Waals surface area contributed by atoms with Crippen LogP contribution in [0.2, 0.25) is 0 Å². The molecule has 1 aliphatic carbocycles. The first-order valence-corrected chi connectivity index (χ1v) is 8.71. The maximum Gasteiger partial charge on any atom is 0.224 e. The number of benzene rings is 1. The molecule has 1 saturated carbocycles. The van der Waals surface area contributed by atoms with Gasteiger partial charge in [0.15, 0.2) is 0 Å². The highest BCUT2D eigenvalue weighted by Crippen LogP contribution is 2.23. The molecule has 2 aromatic rings. The third kappa shape index (κ3) is 5.28. The number of hydrogen-bond acceptors (Lipinski definition) is 3. The molecule has 0 bridgehead atoms. The summed E-state index contributed by atoms with van der Waals surface area (Å²) in [5.41, 5.74) is 1.93. The number of nitrogens with one attached hydrogen (secondary N) is 1. The smallest absolute Gasteiger partial charge is 0.224 e. The minimum Gasteiger partial charge on any atom is -0.474 e. The average Bonchev–Trinajstić information content (AvgIpc) is 2.61. The molecular weight excluding hydrogens is 319 g/mol. The van der Waals surface area contributed by atoms with Crippen molar-refractivity contribution in [3.63, 3.8) is 0 Å². The lowest BCUT2D eigenvalue weighted by Gasteiger charge is -2.29. The maximum absolute atomic E-state index is 12.9. The van der Waals surface area contributed by atoms with Gasteiger partial charge in [-0.05, 0) is 55.9 Å². The maximum atomic E-state index is 12.9. The Hall–Kier alpha value is -2.43. The fraction of sp³-hybridized carbons (Fsp3) is 0.400. The number of halogens is 1. The van der Waals surface area contributed by atoms with Crippen molar-refractivity contribution in [3.05, 3.63) is 59.5 Å². The number of hydrogen-bond donors (Lipinski definition) is 1. The number of nitrogens with zero attached hydrogens (tertiary/aromatic N) is 1. The summed E-state index contributed by atoms with van der Waals surface area (Å²) in [7, 11) is 0. The number of carbonyl (C=O) groups is 1. The number of amides is 1. The third-order valence-corrected chi connectivity index (χ3v) is 4.49. The highest BCUT2D eigenvalue weighted by atomic mass is 19.1. The Morgan fingerprint density at radius 1 is 1.16 bits per heavy atom. The lowest BCUT2D eigenvalue weighted by molar-refractivity contribution is -0.121. The largest absolute Gasteiger partial charge is 0.474 e. The van der Waals surface area contributed by atoms with Crippen molar-refractivity contribution in [2.24, 2.45) is 0 Å². The van der Waals surface area contributed by atoms with Crippen molar-refractivity contribution in [1.29, 1.82) is 0 Å². The van der Waals surface area contributed by atoms with Crippen molar-refractivity contribution in [1.82, 2.24) is 10.3 Å². The Balaban J connectivity index is 1.42. The van der Waals surface area contributed by atoms with E-state index in [1.54, 1.807) is 18.3 Å². The zero-order valence-electron chi connectivity index (χ0n) is 14.4. The zero-order valence-corrected chi connectivity index (χ0v) is 14.4. The minimum atomic E-state index is -0.287. The van der Waals surface area contributed by atoms with E-state index in [1.807, 2.05) is 19.1 Å². The Labute approximate surface area is 147 Å². The Bertz CT molecular complexity index is 693. The number of aryl methyl sites for hydroxylation is 1. The normalized spacial score (nSPS) is 20.1. The van der Waals surface area contributed by atoms with E-state index < -0.39 is 0 Å². The second-order valence-corrected chi connectivity index (χ2v) is 6.64. The van der Waals surface area contributed by atoms with Crippen LogP contribution in [0.15, 0.2) is 42.6 Å². The molecule has 132 valence electrons. The van der Waals surface area contributed by atoms with Crippen molar-refractivity contribution >= 4 is 5.91 Å². The van der Waals surface area contributed by atoms with Gasteiger partial charge in [-0.25, -0.2) is 9.37 Å². The highest BCUT2D eigenvalue weighted by molar-refractivity contribution is 5.78. The molecule has 0 atom stereocenters. The van der Waals surface area contributed by atoms with Gasteiger partial charge < -0.3 is 10.1 Å². The summed E-state index contributed by atoms with van der Waals surface area (Å²) in [6.45, 7) is 2.00. The Morgan fingerprint density at radius 2 is 1.88 bits per heavy atom. The average molecular weight is 342 g/mol.